The van der Waals surface area contributed by atoms with Crippen LogP contribution >= 0.6 is 0 Å². The Balaban J connectivity index is 3.06. The summed E-state index contributed by atoms with van der Waals surface area (Å²) in [4.78, 5) is 10.6. The predicted molar refractivity (Wildman–Crippen MR) is 35.3 cm³/mol. The molecule has 0 spiro atoms. The highest BCUT2D eigenvalue weighted by Crippen LogP contribution is 1.86. The van der Waals surface area contributed by atoms with E-state index in [9.17, 15) is 4.79 Å². The van der Waals surface area contributed by atoms with Crippen molar-refractivity contribution in [3.8, 4) is 0 Å². The molecule has 9 heavy (non-hydrogen) atoms. The quantitative estimate of drug-likeness (QED) is 0.531. The van der Waals surface area contributed by atoms with E-state index in [0.717, 1.165) is 0 Å². The molecular weight excluding hydrogens is 118 g/mol. The van der Waals surface area contributed by atoms with Crippen molar-refractivity contribution in [3.63, 3.8) is 0 Å². The molecule has 0 unspecified atom stereocenters. The van der Waals surface area contributed by atoms with Gasteiger partial charge in [-0.25, -0.2) is 0 Å². The lowest BCUT2D eigenvalue weighted by Gasteiger charge is -1.95. The largest absolute Gasteiger partial charge is 0.396 e. The zero-order valence-electron chi connectivity index (χ0n) is 5.68. The summed E-state index contributed by atoms with van der Waals surface area (Å²) < 4.78 is 0. The highest BCUT2D eigenvalue weighted by molar-refractivity contribution is 5.80. The van der Waals surface area contributed by atoms with E-state index in [4.69, 9.17) is 5.11 Å². The van der Waals surface area contributed by atoms with Gasteiger partial charge in [0, 0.05) is 13.0 Å². The van der Waals surface area contributed by atoms with E-state index >= 15 is 0 Å². The predicted octanol–water partition coefficient (Wildman–Crippen LogP) is -0.453. The second-order valence-electron chi connectivity index (χ2n) is 1.90. The Hall–Kier alpha value is -0.410. The van der Waals surface area contributed by atoms with E-state index in [2.05, 4.69) is 5.32 Å². The maximum atomic E-state index is 10.6. The number of hydrogen-bond donors (Lipinski definition) is 2. The van der Waals surface area contributed by atoms with Gasteiger partial charge in [-0.2, -0.15) is 0 Å². The minimum Gasteiger partial charge on any atom is -0.396 e. The van der Waals surface area contributed by atoms with E-state index in [1.54, 1.807) is 7.05 Å². The van der Waals surface area contributed by atoms with Gasteiger partial charge < -0.3 is 10.4 Å². The number of aliphatic hydroxyl groups excluding tert-OH is 1. The van der Waals surface area contributed by atoms with E-state index in [-0.39, 0.29) is 12.4 Å². The van der Waals surface area contributed by atoms with Crippen LogP contribution in [0.4, 0.5) is 0 Å². The second-order valence-corrected chi connectivity index (χ2v) is 1.90. The fourth-order valence-electron chi connectivity index (χ4n) is 0.562. The van der Waals surface area contributed by atoms with Crippen LogP contribution in [-0.2, 0) is 4.79 Å². The third-order valence-electron chi connectivity index (χ3n) is 0.988. The van der Waals surface area contributed by atoms with Gasteiger partial charge in [0.05, 0.1) is 6.54 Å². The van der Waals surface area contributed by atoms with Gasteiger partial charge >= 0.3 is 0 Å². The molecule has 0 heterocycles. The number of carbonyl (C=O) groups is 1. The van der Waals surface area contributed by atoms with Gasteiger partial charge in [-0.1, -0.05) is 0 Å². The molecule has 0 saturated heterocycles. The van der Waals surface area contributed by atoms with E-state index in [1.807, 2.05) is 0 Å². The van der Waals surface area contributed by atoms with Crippen LogP contribution < -0.4 is 5.32 Å². The van der Waals surface area contributed by atoms with Gasteiger partial charge in [0.1, 0.15) is 5.78 Å². The van der Waals surface area contributed by atoms with Crippen molar-refractivity contribution in [2.75, 3.05) is 20.2 Å². The average Bonchev–Trinajstić information content (AvgIpc) is 1.85. The minimum absolute atomic E-state index is 0.107. The average molecular weight is 131 g/mol. The lowest BCUT2D eigenvalue weighted by Crippen LogP contribution is -2.18. The summed E-state index contributed by atoms with van der Waals surface area (Å²) in [5, 5.41) is 11.1. The maximum Gasteiger partial charge on any atom is 0.146 e. The minimum atomic E-state index is 0.107. The smallest absolute Gasteiger partial charge is 0.146 e. The molecule has 3 nitrogen and oxygen atoms in total. The first-order valence-corrected chi connectivity index (χ1v) is 3.08. The Bertz CT molecular complexity index is 83.1. The molecule has 0 saturated carbocycles. The summed E-state index contributed by atoms with van der Waals surface area (Å²) in [5.74, 6) is 0.159. The second kappa shape index (κ2) is 5.72. The molecule has 0 radical (unpaired) electrons. The monoisotopic (exact) mass is 131 g/mol. The van der Waals surface area contributed by atoms with Gasteiger partial charge in [0.25, 0.3) is 0 Å². The molecule has 0 aromatic carbocycles. The molecule has 0 rings (SSSR count). The standard InChI is InChI=1S/C6H13NO2/c1-7-5-6(9)3-2-4-8/h7-8H,2-5H2,1H3. The zero-order valence-corrected chi connectivity index (χ0v) is 5.68. The molecule has 2 N–H and O–H groups in total. The lowest BCUT2D eigenvalue weighted by molar-refractivity contribution is -0.118. The number of rotatable bonds is 5. The Morgan fingerprint density at radius 3 is 2.78 bits per heavy atom. The summed E-state index contributed by atoms with van der Waals surface area (Å²) in [6, 6.07) is 0. The number of Topliss-reactive ketones (excluding diaryl/α,β-unsaturated/α-hetero) is 1. The Morgan fingerprint density at radius 1 is 1.67 bits per heavy atom. The molecule has 0 aliphatic rings. The molecular formula is C6H13NO2. The van der Waals surface area contributed by atoms with Crippen LogP contribution in [0.25, 0.3) is 0 Å². The fraction of sp³-hybridized carbons (Fsp3) is 0.833. The fourth-order valence-corrected chi connectivity index (χ4v) is 0.562. The van der Waals surface area contributed by atoms with E-state index in [1.165, 1.54) is 0 Å². The van der Waals surface area contributed by atoms with E-state index in [0.29, 0.717) is 19.4 Å². The van der Waals surface area contributed by atoms with Crippen molar-refractivity contribution in [2.24, 2.45) is 0 Å². The summed E-state index contributed by atoms with van der Waals surface area (Å²) >= 11 is 0. The Labute approximate surface area is 55.1 Å². The summed E-state index contributed by atoms with van der Waals surface area (Å²) in [5.41, 5.74) is 0. The molecule has 0 aromatic rings. The number of hydrogen-bond acceptors (Lipinski definition) is 3. The first kappa shape index (κ1) is 8.59. The molecule has 0 bridgehead atoms. The maximum absolute atomic E-state index is 10.6. The van der Waals surface area contributed by atoms with Gasteiger partial charge in [-0.3, -0.25) is 4.79 Å². The summed E-state index contributed by atoms with van der Waals surface area (Å²) in [7, 11) is 1.73. The van der Waals surface area contributed by atoms with Crippen LogP contribution in [0.2, 0.25) is 0 Å². The van der Waals surface area contributed by atoms with Crippen LogP contribution in [0, 0.1) is 0 Å². The molecule has 3 heteroatoms. The molecule has 0 aliphatic heterocycles. The molecule has 0 fully saturated rings. The van der Waals surface area contributed by atoms with Crippen molar-refractivity contribution < 1.29 is 9.90 Å². The highest BCUT2D eigenvalue weighted by atomic mass is 16.3. The Morgan fingerprint density at radius 2 is 2.33 bits per heavy atom. The summed E-state index contributed by atoms with van der Waals surface area (Å²) in [6.07, 6.45) is 1.07. The molecule has 0 aromatic heterocycles. The van der Waals surface area contributed by atoms with Gasteiger partial charge in [-0.05, 0) is 13.5 Å². The topological polar surface area (TPSA) is 49.3 Å². The van der Waals surface area contributed by atoms with Gasteiger partial charge in [0.15, 0.2) is 0 Å². The first-order chi connectivity index (χ1) is 4.31. The summed E-state index contributed by atoms with van der Waals surface area (Å²) in [6.45, 7) is 0.523. The molecule has 0 amide bonds. The normalized spacial score (nSPS) is 9.56. The molecule has 0 atom stereocenters. The van der Waals surface area contributed by atoms with Crippen LogP contribution in [0.1, 0.15) is 12.8 Å². The number of carbonyl (C=O) groups excluding carboxylic acids is 1. The number of likely N-dealkylation sites (N-methyl/N-ethyl adjacent to an activating group) is 1. The van der Waals surface area contributed by atoms with Crippen molar-refractivity contribution in [3.05, 3.63) is 0 Å². The lowest BCUT2D eigenvalue weighted by atomic mass is 10.2. The zero-order chi connectivity index (χ0) is 7.11. The highest BCUT2D eigenvalue weighted by Gasteiger charge is 1.96. The third-order valence-corrected chi connectivity index (χ3v) is 0.988. The Kier molecular flexibility index (Phi) is 5.46. The van der Waals surface area contributed by atoms with Gasteiger partial charge in [-0.15, -0.1) is 0 Å². The van der Waals surface area contributed by atoms with Crippen molar-refractivity contribution in [1.29, 1.82) is 0 Å². The van der Waals surface area contributed by atoms with E-state index < -0.39 is 0 Å². The number of ketones is 1. The van der Waals surface area contributed by atoms with Crippen LogP contribution in [-0.4, -0.2) is 31.1 Å². The van der Waals surface area contributed by atoms with Crippen molar-refractivity contribution in [1.82, 2.24) is 5.32 Å². The van der Waals surface area contributed by atoms with Gasteiger partial charge in [0.2, 0.25) is 0 Å². The first-order valence-electron chi connectivity index (χ1n) is 3.08. The van der Waals surface area contributed by atoms with Crippen molar-refractivity contribution >= 4 is 5.78 Å². The molecule has 0 aliphatic carbocycles. The van der Waals surface area contributed by atoms with Crippen LogP contribution in [0.15, 0.2) is 0 Å². The SMILES string of the molecule is CNCC(=O)CCCO. The van der Waals surface area contributed by atoms with Crippen LogP contribution in [0.5, 0.6) is 0 Å². The molecule has 54 valence electrons. The third kappa shape index (κ3) is 5.46. The van der Waals surface area contributed by atoms with Crippen LogP contribution in [0.3, 0.4) is 0 Å². The number of nitrogens with one attached hydrogen (secondary N) is 1. The van der Waals surface area contributed by atoms with Crippen molar-refractivity contribution in [2.45, 2.75) is 12.8 Å². The number of aliphatic hydroxyl groups is 1.